The largest absolute Gasteiger partial charge is 0.344 e. The van der Waals surface area contributed by atoms with Gasteiger partial charge in [0.15, 0.2) is 0 Å². The van der Waals surface area contributed by atoms with Crippen molar-refractivity contribution in [3.8, 4) is 0 Å². The first kappa shape index (κ1) is 12.7. The van der Waals surface area contributed by atoms with Crippen LogP contribution in [0.15, 0.2) is 48.5 Å². The summed E-state index contributed by atoms with van der Waals surface area (Å²) in [4.78, 5) is 2.18. The minimum Gasteiger partial charge on any atom is -0.344 e. The Kier molecular flexibility index (Phi) is 4.00. The van der Waals surface area contributed by atoms with E-state index in [0.717, 1.165) is 6.42 Å². The van der Waals surface area contributed by atoms with Crippen LogP contribution in [0.4, 0.5) is 11.4 Å². The van der Waals surface area contributed by atoms with Gasteiger partial charge in [-0.25, -0.2) is 0 Å². The van der Waals surface area contributed by atoms with Gasteiger partial charge in [0.05, 0.1) is 0 Å². The molecule has 2 aromatic carbocycles. The first-order valence-electron chi connectivity index (χ1n) is 6.37. The van der Waals surface area contributed by atoms with Crippen LogP contribution in [0.2, 0.25) is 0 Å². The Morgan fingerprint density at radius 3 is 2.28 bits per heavy atom. The lowest BCUT2D eigenvalue weighted by atomic mass is 10.1. The molecule has 0 aliphatic rings. The Hall–Kier alpha value is -1.80. The molecule has 0 saturated carbocycles. The fourth-order valence-electron chi connectivity index (χ4n) is 2.10. The topological polar surface area (TPSA) is 29.3 Å². The van der Waals surface area contributed by atoms with Crippen molar-refractivity contribution in [1.82, 2.24) is 0 Å². The summed E-state index contributed by atoms with van der Waals surface area (Å²) in [6, 6.07) is 16.9. The highest BCUT2D eigenvalue weighted by Crippen LogP contribution is 2.26. The van der Waals surface area contributed by atoms with Crippen LogP contribution in [-0.2, 0) is 13.0 Å². The van der Waals surface area contributed by atoms with Crippen LogP contribution < -0.4 is 10.6 Å². The van der Waals surface area contributed by atoms with E-state index in [1.807, 2.05) is 12.1 Å². The smallest absolute Gasteiger partial charge is 0.0453 e. The van der Waals surface area contributed by atoms with E-state index in [1.165, 1.54) is 22.5 Å². The Bertz CT molecular complexity index is 503. The Morgan fingerprint density at radius 1 is 1.00 bits per heavy atom. The highest BCUT2D eigenvalue weighted by atomic mass is 15.1. The summed E-state index contributed by atoms with van der Waals surface area (Å²) in [6.45, 7) is 2.73. The van der Waals surface area contributed by atoms with Crippen molar-refractivity contribution in [1.29, 1.82) is 0 Å². The maximum Gasteiger partial charge on any atom is 0.0453 e. The van der Waals surface area contributed by atoms with Crippen LogP contribution in [0.1, 0.15) is 18.1 Å². The van der Waals surface area contributed by atoms with Gasteiger partial charge in [0.25, 0.3) is 0 Å². The second-order valence-corrected chi connectivity index (χ2v) is 4.41. The number of benzene rings is 2. The summed E-state index contributed by atoms with van der Waals surface area (Å²) in [6.07, 6.45) is 1.07. The second kappa shape index (κ2) is 5.69. The van der Waals surface area contributed by atoms with E-state index in [2.05, 4.69) is 55.3 Å². The molecule has 0 aliphatic heterocycles. The average Bonchev–Trinajstić information content (AvgIpc) is 2.46. The van der Waals surface area contributed by atoms with Gasteiger partial charge < -0.3 is 10.6 Å². The summed E-state index contributed by atoms with van der Waals surface area (Å²) in [5, 5.41) is 0. The first-order chi connectivity index (χ1) is 8.76. The van der Waals surface area contributed by atoms with Crippen molar-refractivity contribution < 1.29 is 0 Å². The Balaban J connectivity index is 2.31. The molecule has 0 aliphatic carbocycles. The molecule has 18 heavy (non-hydrogen) atoms. The molecule has 0 fully saturated rings. The molecular weight excluding hydrogens is 220 g/mol. The minimum absolute atomic E-state index is 0.563. The van der Waals surface area contributed by atoms with Gasteiger partial charge in [-0.05, 0) is 35.7 Å². The Labute approximate surface area is 109 Å². The number of anilines is 2. The lowest BCUT2D eigenvalue weighted by Gasteiger charge is -2.22. The zero-order valence-electron chi connectivity index (χ0n) is 11.1. The van der Waals surface area contributed by atoms with E-state index in [1.54, 1.807) is 0 Å². The molecule has 0 bridgehead atoms. The van der Waals surface area contributed by atoms with Crippen LogP contribution in [0, 0.1) is 0 Å². The number of nitrogens with two attached hydrogens (primary N) is 1. The first-order valence-corrected chi connectivity index (χ1v) is 6.37. The number of nitrogens with zero attached hydrogens (tertiary/aromatic N) is 1. The van der Waals surface area contributed by atoms with Crippen LogP contribution in [-0.4, -0.2) is 7.05 Å². The number of rotatable bonds is 4. The average molecular weight is 240 g/mol. The summed E-state index contributed by atoms with van der Waals surface area (Å²) in [7, 11) is 2.08. The van der Waals surface area contributed by atoms with Gasteiger partial charge in [-0.15, -0.1) is 0 Å². The molecule has 0 heterocycles. The van der Waals surface area contributed by atoms with Crippen LogP contribution in [0.25, 0.3) is 0 Å². The third-order valence-electron chi connectivity index (χ3n) is 3.30. The molecule has 0 amide bonds. The number of aryl methyl sites for hydroxylation is 1. The van der Waals surface area contributed by atoms with Gasteiger partial charge >= 0.3 is 0 Å². The lowest BCUT2D eigenvalue weighted by molar-refractivity contribution is 1.04. The number of hydrogen-bond acceptors (Lipinski definition) is 2. The van der Waals surface area contributed by atoms with E-state index in [-0.39, 0.29) is 0 Å². The maximum atomic E-state index is 5.79. The summed E-state index contributed by atoms with van der Waals surface area (Å²) in [5.41, 5.74) is 10.7. The summed E-state index contributed by atoms with van der Waals surface area (Å²) < 4.78 is 0. The van der Waals surface area contributed by atoms with Crippen molar-refractivity contribution in [2.75, 3.05) is 11.9 Å². The predicted molar refractivity (Wildman–Crippen MR) is 78.2 cm³/mol. The standard InChI is InChI=1S/C16H20N2/c1-3-13-8-10-15(11-9-13)18(2)16-7-5-4-6-14(16)12-17/h4-11H,3,12,17H2,1-2H3. The molecule has 0 saturated heterocycles. The SMILES string of the molecule is CCc1ccc(N(C)c2ccccc2CN)cc1. The molecule has 0 aromatic heterocycles. The van der Waals surface area contributed by atoms with Gasteiger partial charge in [-0.3, -0.25) is 0 Å². The zero-order valence-corrected chi connectivity index (χ0v) is 11.1. The fourth-order valence-corrected chi connectivity index (χ4v) is 2.10. The van der Waals surface area contributed by atoms with Crippen LogP contribution in [0.5, 0.6) is 0 Å². The third-order valence-corrected chi connectivity index (χ3v) is 3.30. The predicted octanol–water partition coefficient (Wildman–Crippen LogP) is 3.48. The highest BCUT2D eigenvalue weighted by molar-refractivity contribution is 5.65. The van der Waals surface area contributed by atoms with Gasteiger partial charge in [0.1, 0.15) is 0 Å². The van der Waals surface area contributed by atoms with E-state index < -0.39 is 0 Å². The van der Waals surface area contributed by atoms with Gasteiger partial charge in [0.2, 0.25) is 0 Å². The zero-order chi connectivity index (χ0) is 13.0. The second-order valence-electron chi connectivity index (χ2n) is 4.41. The molecule has 0 spiro atoms. The quantitative estimate of drug-likeness (QED) is 0.886. The molecule has 2 rings (SSSR count). The van der Waals surface area contributed by atoms with E-state index >= 15 is 0 Å². The van der Waals surface area contributed by atoms with E-state index in [0.29, 0.717) is 6.54 Å². The molecule has 94 valence electrons. The molecule has 0 radical (unpaired) electrons. The van der Waals surface area contributed by atoms with E-state index in [9.17, 15) is 0 Å². The van der Waals surface area contributed by atoms with Crippen LogP contribution >= 0.6 is 0 Å². The van der Waals surface area contributed by atoms with Crippen molar-refractivity contribution in [3.05, 3.63) is 59.7 Å². The van der Waals surface area contributed by atoms with Crippen LogP contribution in [0.3, 0.4) is 0 Å². The van der Waals surface area contributed by atoms with Crippen molar-refractivity contribution in [3.63, 3.8) is 0 Å². The summed E-state index contributed by atoms with van der Waals surface area (Å²) >= 11 is 0. The molecule has 2 nitrogen and oxygen atoms in total. The van der Waals surface area contributed by atoms with Gasteiger partial charge in [-0.1, -0.05) is 37.3 Å². The van der Waals surface area contributed by atoms with Crippen molar-refractivity contribution >= 4 is 11.4 Å². The normalized spacial score (nSPS) is 10.4. The minimum atomic E-state index is 0.563. The Morgan fingerprint density at radius 2 is 1.67 bits per heavy atom. The molecule has 0 atom stereocenters. The molecule has 2 N–H and O–H groups in total. The lowest BCUT2D eigenvalue weighted by Crippen LogP contribution is -2.13. The van der Waals surface area contributed by atoms with Gasteiger partial charge in [-0.2, -0.15) is 0 Å². The number of para-hydroxylation sites is 1. The molecule has 2 heteroatoms. The summed E-state index contributed by atoms with van der Waals surface area (Å²) in [5.74, 6) is 0. The number of hydrogen-bond donors (Lipinski definition) is 1. The molecule has 0 unspecified atom stereocenters. The fraction of sp³-hybridized carbons (Fsp3) is 0.250. The molecule has 2 aromatic rings. The maximum absolute atomic E-state index is 5.79. The third kappa shape index (κ3) is 2.54. The highest BCUT2D eigenvalue weighted by Gasteiger charge is 2.07. The van der Waals surface area contributed by atoms with Crippen molar-refractivity contribution in [2.45, 2.75) is 19.9 Å². The van der Waals surface area contributed by atoms with Crippen molar-refractivity contribution in [2.24, 2.45) is 5.73 Å². The monoisotopic (exact) mass is 240 g/mol. The van der Waals surface area contributed by atoms with Gasteiger partial charge in [0, 0.05) is 25.0 Å². The molecular formula is C16H20N2. The van der Waals surface area contributed by atoms with E-state index in [4.69, 9.17) is 5.73 Å².